The Bertz CT molecular complexity index is 841. The number of rotatable bonds is 6. The molecule has 1 fully saturated rings. The summed E-state index contributed by atoms with van der Waals surface area (Å²) in [5.41, 5.74) is 2.45. The molecule has 2 aromatic rings. The van der Waals surface area contributed by atoms with Crippen molar-refractivity contribution < 1.29 is 14.3 Å². The Morgan fingerprint density at radius 2 is 1.73 bits per heavy atom. The van der Waals surface area contributed by atoms with Crippen LogP contribution in [0.25, 0.3) is 0 Å². The summed E-state index contributed by atoms with van der Waals surface area (Å²) in [5, 5.41) is 5.85. The van der Waals surface area contributed by atoms with Crippen LogP contribution >= 0.6 is 0 Å². The molecule has 2 aromatic carbocycles. The molecule has 0 bridgehead atoms. The van der Waals surface area contributed by atoms with Gasteiger partial charge in [0, 0.05) is 5.69 Å². The van der Waals surface area contributed by atoms with E-state index in [1.54, 1.807) is 19.2 Å². The van der Waals surface area contributed by atoms with Crippen LogP contribution in [-0.2, 0) is 16.0 Å². The molecule has 0 aromatic heterocycles. The molecule has 0 spiro atoms. The van der Waals surface area contributed by atoms with Crippen LogP contribution in [0, 0.1) is 12.3 Å². The Balaban J connectivity index is 1.78. The summed E-state index contributed by atoms with van der Waals surface area (Å²) in [6.45, 7) is 4.01. The third-order valence-electron chi connectivity index (χ3n) is 4.95. The number of benzene rings is 2. The number of methoxy groups -OCH3 is 1. The molecule has 1 aliphatic carbocycles. The predicted octanol–water partition coefficient (Wildman–Crippen LogP) is 3.92. The van der Waals surface area contributed by atoms with Gasteiger partial charge in [-0.3, -0.25) is 9.59 Å². The molecule has 5 nitrogen and oxygen atoms in total. The second-order valence-corrected chi connectivity index (χ2v) is 6.65. The lowest BCUT2D eigenvalue weighted by molar-refractivity contribution is -0.131. The van der Waals surface area contributed by atoms with E-state index >= 15 is 0 Å². The molecular weight excluding hydrogens is 328 g/mol. The molecule has 26 heavy (non-hydrogen) atoms. The van der Waals surface area contributed by atoms with Gasteiger partial charge in [0.1, 0.15) is 11.2 Å². The molecule has 0 saturated heterocycles. The zero-order valence-corrected chi connectivity index (χ0v) is 15.4. The molecule has 1 aliphatic rings. The van der Waals surface area contributed by atoms with Crippen LogP contribution in [0.3, 0.4) is 0 Å². The lowest BCUT2D eigenvalue weighted by Crippen LogP contribution is -2.36. The van der Waals surface area contributed by atoms with Crippen LogP contribution in [0.1, 0.15) is 30.9 Å². The number of nitrogens with one attached hydrogen (secondary N) is 2. The molecule has 136 valence electrons. The first-order chi connectivity index (χ1) is 12.5. The zero-order valence-electron chi connectivity index (χ0n) is 15.4. The van der Waals surface area contributed by atoms with Crippen LogP contribution in [-0.4, -0.2) is 18.9 Å². The topological polar surface area (TPSA) is 67.4 Å². The Labute approximate surface area is 153 Å². The van der Waals surface area contributed by atoms with Gasteiger partial charge in [0.25, 0.3) is 0 Å². The molecule has 0 radical (unpaired) electrons. The van der Waals surface area contributed by atoms with Gasteiger partial charge in [0.2, 0.25) is 11.8 Å². The lowest BCUT2D eigenvalue weighted by Gasteiger charge is -2.19. The van der Waals surface area contributed by atoms with E-state index in [1.807, 2.05) is 44.2 Å². The normalized spacial score (nSPS) is 14.4. The van der Waals surface area contributed by atoms with Crippen molar-refractivity contribution in [1.82, 2.24) is 0 Å². The van der Waals surface area contributed by atoms with Gasteiger partial charge < -0.3 is 15.4 Å². The maximum Gasteiger partial charge on any atom is 0.240 e. The van der Waals surface area contributed by atoms with Gasteiger partial charge in [0.05, 0.1) is 12.8 Å². The van der Waals surface area contributed by atoms with E-state index in [2.05, 4.69) is 10.6 Å². The van der Waals surface area contributed by atoms with Crippen molar-refractivity contribution in [2.45, 2.75) is 33.1 Å². The Morgan fingerprint density at radius 1 is 1.04 bits per heavy atom. The van der Waals surface area contributed by atoms with E-state index < -0.39 is 5.41 Å². The van der Waals surface area contributed by atoms with Crippen molar-refractivity contribution in [2.24, 2.45) is 5.41 Å². The number of carbonyl (C=O) groups excluding carboxylic acids is 2. The monoisotopic (exact) mass is 352 g/mol. The maximum absolute atomic E-state index is 12.9. The van der Waals surface area contributed by atoms with Crippen LogP contribution in [0.5, 0.6) is 5.75 Å². The molecule has 0 heterocycles. The zero-order chi connectivity index (χ0) is 18.7. The molecule has 5 heteroatoms. The minimum absolute atomic E-state index is 0.242. The van der Waals surface area contributed by atoms with E-state index in [0.717, 1.165) is 23.2 Å². The highest BCUT2D eigenvalue weighted by molar-refractivity contribution is 6.17. The first-order valence-electron chi connectivity index (χ1n) is 8.86. The molecule has 2 amide bonds. The minimum atomic E-state index is -1.01. The number of carbonyl (C=O) groups is 2. The summed E-state index contributed by atoms with van der Waals surface area (Å²) in [6.07, 6.45) is 1.91. The number of ether oxygens (including phenoxy) is 1. The van der Waals surface area contributed by atoms with Gasteiger partial charge in [-0.25, -0.2) is 0 Å². The summed E-state index contributed by atoms with van der Waals surface area (Å²) in [5.74, 6) is 0.0456. The maximum atomic E-state index is 12.9. The number of aryl methyl sites for hydroxylation is 2. The SMILES string of the molecule is CCc1cccc(C)c1NC(=O)C1(C(=O)Nc2ccccc2OC)CC1. The molecule has 2 N–H and O–H groups in total. The first-order valence-corrected chi connectivity index (χ1v) is 8.86. The average Bonchev–Trinajstić information content (AvgIpc) is 3.46. The largest absolute Gasteiger partial charge is 0.495 e. The number of para-hydroxylation sites is 3. The molecule has 0 aliphatic heterocycles. The van der Waals surface area contributed by atoms with Crippen molar-refractivity contribution in [3.8, 4) is 5.75 Å². The second kappa shape index (κ2) is 7.20. The smallest absolute Gasteiger partial charge is 0.240 e. The molecule has 3 rings (SSSR count). The third-order valence-corrected chi connectivity index (χ3v) is 4.95. The number of amides is 2. The van der Waals surface area contributed by atoms with E-state index in [9.17, 15) is 9.59 Å². The summed E-state index contributed by atoms with van der Waals surface area (Å²) in [4.78, 5) is 25.7. The minimum Gasteiger partial charge on any atom is -0.495 e. The Morgan fingerprint density at radius 3 is 2.38 bits per heavy atom. The van der Waals surface area contributed by atoms with Crippen LogP contribution in [0.2, 0.25) is 0 Å². The van der Waals surface area contributed by atoms with Crippen molar-refractivity contribution in [3.05, 3.63) is 53.6 Å². The van der Waals surface area contributed by atoms with Crippen molar-refractivity contribution in [2.75, 3.05) is 17.7 Å². The second-order valence-electron chi connectivity index (χ2n) is 6.65. The van der Waals surface area contributed by atoms with E-state index in [4.69, 9.17) is 4.74 Å². The average molecular weight is 352 g/mol. The summed E-state index contributed by atoms with van der Waals surface area (Å²) >= 11 is 0. The van der Waals surface area contributed by atoms with Gasteiger partial charge in [-0.15, -0.1) is 0 Å². The highest BCUT2D eigenvalue weighted by Gasteiger charge is 2.56. The van der Waals surface area contributed by atoms with Gasteiger partial charge in [-0.05, 0) is 49.4 Å². The Kier molecular flexibility index (Phi) is 4.98. The highest BCUT2D eigenvalue weighted by Crippen LogP contribution is 2.48. The number of anilines is 2. The van der Waals surface area contributed by atoms with Gasteiger partial charge in [-0.2, -0.15) is 0 Å². The standard InChI is InChI=1S/C21H24N2O3/c1-4-15-9-7-8-14(2)18(15)23-20(25)21(12-13-21)19(24)22-16-10-5-6-11-17(16)26-3/h5-11H,4,12-13H2,1-3H3,(H,22,24)(H,23,25). The fourth-order valence-electron chi connectivity index (χ4n) is 3.11. The lowest BCUT2D eigenvalue weighted by atomic mass is 10.0. The summed E-state index contributed by atoms with van der Waals surface area (Å²) in [6, 6.07) is 13.1. The first kappa shape index (κ1) is 18.0. The van der Waals surface area contributed by atoms with Crippen LogP contribution in [0.15, 0.2) is 42.5 Å². The van der Waals surface area contributed by atoms with Gasteiger partial charge >= 0.3 is 0 Å². The van der Waals surface area contributed by atoms with Gasteiger partial charge in [0.15, 0.2) is 0 Å². The fourth-order valence-corrected chi connectivity index (χ4v) is 3.11. The quantitative estimate of drug-likeness (QED) is 0.774. The highest BCUT2D eigenvalue weighted by atomic mass is 16.5. The third kappa shape index (κ3) is 3.29. The predicted molar refractivity (Wildman–Crippen MR) is 102 cm³/mol. The van der Waals surface area contributed by atoms with Crippen molar-refractivity contribution in [3.63, 3.8) is 0 Å². The van der Waals surface area contributed by atoms with Crippen molar-refractivity contribution in [1.29, 1.82) is 0 Å². The molecule has 0 atom stereocenters. The summed E-state index contributed by atoms with van der Waals surface area (Å²) in [7, 11) is 1.55. The van der Waals surface area contributed by atoms with E-state index in [1.165, 1.54) is 0 Å². The van der Waals surface area contributed by atoms with Crippen molar-refractivity contribution >= 4 is 23.2 Å². The fraction of sp³-hybridized carbons (Fsp3) is 0.333. The van der Waals surface area contributed by atoms with Crippen LogP contribution < -0.4 is 15.4 Å². The Hall–Kier alpha value is -2.82. The number of hydrogen-bond acceptors (Lipinski definition) is 3. The van der Waals surface area contributed by atoms with Crippen LogP contribution in [0.4, 0.5) is 11.4 Å². The van der Waals surface area contributed by atoms with E-state index in [-0.39, 0.29) is 11.8 Å². The van der Waals surface area contributed by atoms with E-state index in [0.29, 0.717) is 24.3 Å². The number of hydrogen-bond donors (Lipinski definition) is 2. The molecular formula is C21H24N2O3. The molecule has 0 unspecified atom stereocenters. The molecule has 1 saturated carbocycles. The van der Waals surface area contributed by atoms with Gasteiger partial charge in [-0.1, -0.05) is 37.3 Å². The summed E-state index contributed by atoms with van der Waals surface area (Å²) < 4.78 is 5.27.